The number of aromatic nitrogens is 6. The molecule has 202 valence electrons. The van der Waals surface area contributed by atoms with E-state index < -0.39 is 0 Å². The van der Waals surface area contributed by atoms with Crippen LogP contribution in [0, 0.1) is 6.92 Å². The van der Waals surface area contributed by atoms with Gasteiger partial charge in [-0.3, -0.25) is 9.59 Å². The molecule has 0 radical (unpaired) electrons. The topological polar surface area (TPSA) is 114 Å². The number of amides is 2. The Labute approximate surface area is 231 Å². The van der Waals surface area contributed by atoms with Crippen molar-refractivity contribution in [3.8, 4) is 17.1 Å². The third-order valence-electron chi connectivity index (χ3n) is 7.00. The Morgan fingerprint density at radius 3 is 2.52 bits per heavy atom. The van der Waals surface area contributed by atoms with Crippen molar-refractivity contribution < 1.29 is 9.59 Å². The molecule has 1 aromatic carbocycles. The Morgan fingerprint density at radius 1 is 0.975 bits per heavy atom. The average Bonchev–Trinajstić information content (AvgIpc) is 3.60. The molecule has 0 saturated carbocycles. The zero-order chi connectivity index (χ0) is 27.6. The van der Waals surface area contributed by atoms with E-state index in [9.17, 15) is 9.59 Å². The Hall–Kier alpha value is -5.06. The van der Waals surface area contributed by atoms with Crippen molar-refractivity contribution in [3.05, 3.63) is 84.6 Å². The number of carbonyl (C=O) groups excluding carboxylic acids is 2. The number of benzene rings is 1. The third-order valence-corrected chi connectivity index (χ3v) is 7.00. The minimum atomic E-state index is -0.164. The van der Waals surface area contributed by atoms with Crippen molar-refractivity contribution in [2.75, 3.05) is 36.4 Å². The highest BCUT2D eigenvalue weighted by molar-refractivity contribution is 5.92. The summed E-state index contributed by atoms with van der Waals surface area (Å²) >= 11 is 0. The number of fused-ring (bicyclic) bond motifs is 1. The van der Waals surface area contributed by atoms with Gasteiger partial charge in [-0.1, -0.05) is 6.07 Å². The Balaban J connectivity index is 1.19. The molecule has 2 amide bonds. The number of anilines is 2. The van der Waals surface area contributed by atoms with Crippen molar-refractivity contribution in [3.63, 3.8) is 0 Å². The summed E-state index contributed by atoms with van der Waals surface area (Å²) in [5, 5.41) is 12.0. The largest absolute Gasteiger partial charge is 0.368 e. The van der Waals surface area contributed by atoms with Crippen LogP contribution in [-0.2, 0) is 16.0 Å². The number of nitrogens with one attached hydrogen (secondary N) is 1. The smallest absolute Gasteiger partial charge is 0.230 e. The lowest BCUT2D eigenvalue weighted by atomic mass is 10.1. The fraction of sp³-hybridized carbons (Fsp3) is 0.241. The van der Waals surface area contributed by atoms with E-state index in [1.165, 1.54) is 6.33 Å². The molecule has 11 heteroatoms. The number of nitrogens with zero attached hydrogens (tertiary/aromatic N) is 8. The van der Waals surface area contributed by atoms with E-state index >= 15 is 0 Å². The molecule has 0 unspecified atom stereocenters. The quantitative estimate of drug-likeness (QED) is 0.355. The molecule has 1 saturated heterocycles. The predicted octanol–water partition coefficient (Wildman–Crippen LogP) is 3.14. The van der Waals surface area contributed by atoms with E-state index in [0.717, 1.165) is 41.4 Å². The zero-order valence-corrected chi connectivity index (χ0v) is 22.4. The molecule has 1 N–H and O–H groups in total. The summed E-state index contributed by atoms with van der Waals surface area (Å²) in [5.74, 6) is 0.615. The second kappa shape index (κ2) is 10.6. The average molecular weight is 536 g/mol. The predicted molar refractivity (Wildman–Crippen MR) is 151 cm³/mol. The normalized spacial score (nSPS) is 13.6. The Bertz CT molecular complexity index is 1680. The van der Waals surface area contributed by atoms with Gasteiger partial charge in [0.05, 0.1) is 17.8 Å². The molecule has 0 aliphatic carbocycles. The maximum atomic E-state index is 13.0. The van der Waals surface area contributed by atoms with Gasteiger partial charge in [0.2, 0.25) is 11.8 Å². The highest BCUT2D eigenvalue weighted by Crippen LogP contribution is 2.25. The second-order valence-corrected chi connectivity index (χ2v) is 9.82. The summed E-state index contributed by atoms with van der Waals surface area (Å²) in [7, 11) is 0. The van der Waals surface area contributed by atoms with Gasteiger partial charge in [-0.25, -0.2) is 19.2 Å². The molecule has 1 aliphatic rings. The van der Waals surface area contributed by atoms with E-state index in [1.807, 2.05) is 78.7 Å². The molecule has 11 nitrogen and oxygen atoms in total. The summed E-state index contributed by atoms with van der Waals surface area (Å²) < 4.78 is 3.46. The standard InChI is InChI=1S/C29H29N9O2/c1-20-4-3-5-28(32-20)38-26(22-6-11-27-30-19-31-37(27)18-22)16-24(34-38)17-29(40)33-23-7-9-25(10-8-23)36-14-12-35(13-15-36)21(2)39/h3-11,16,18-19H,12-15,17H2,1-2H3,(H,33,40). The van der Waals surface area contributed by atoms with Gasteiger partial charge in [-0.15, -0.1) is 0 Å². The van der Waals surface area contributed by atoms with Crippen LogP contribution in [0.25, 0.3) is 22.7 Å². The molecule has 6 rings (SSSR count). The lowest BCUT2D eigenvalue weighted by molar-refractivity contribution is -0.129. The summed E-state index contributed by atoms with van der Waals surface area (Å²) in [6, 6.07) is 19.3. The highest BCUT2D eigenvalue weighted by atomic mass is 16.2. The highest BCUT2D eigenvalue weighted by Gasteiger charge is 2.19. The van der Waals surface area contributed by atoms with E-state index in [1.54, 1.807) is 16.1 Å². The van der Waals surface area contributed by atoms with Gasteiger partial charge in [0.15, 0.2) is 11.5 Å². The van der Waals surface area contributed by atoms with Gasteiger partial charge in [0.1, 0.15) is 6.33 Å². The van der Waals surface area contributed by atoms with Crippen LogP contribution in [0.15, 0.2) is 73.2 Å². The van der Waals surface area contributed by atoms with Crippen LogP contribution >= 0.6 is 0 Å². The van der Waals surface area contributed by atoms with Crippen molar-refractivity contribution in [1.29, 1.82) is 0 Å². The Kier molecular flexibility index (Phi) is 6.69. The van der Waals surface area contributed by atoms with Crippen LogP contribution in [-0.4, -0.2) is 72.3 Å². The number of hydrogen-bond acceptors (Lipinski definition) is 7. The van der Waals surface area contributed by atoms with Crippen molar-refractivity contribution in [1.82, 2.24) is 34.3 Å². The van der Waals surface area contributed by atoms with E-state index in [4.69, 9.17) is 5.10 Å². The van der Waals surface area contributed by atoms with Crippen LogP contribution in [0.2, 0.25) is 0 Å². The van der Waals surface area contributed by atoms with Crippen LogP contribution in [0.5, 0.6) is 0 Å². The molecule has 40 heavy (non-hydrogen) atoms. The van der Waals surface area contributed by atoms with E-state index in [2.05, 4.69) is 25.3 Å². The number of pyridine rings is 2. The summed E-state index contributed by atoms with van der Waals surface area (Å²) in [6.07, 6.45) is 3.50. The molecule has 4 aromatic heterocycles. The number of hydrogen-bond donors (Lipinski definition) is 1. The number of piperazine rings is 1. The van der Waals surface area contributed by atoms with Gasteiger partial charge in [0, 0.05) is 61.9 Å². The summed E-state index contributed by atoms with van der Waals surface area (Å²) in [5.41, 5.74) is 5.69. The minimum absolute atomic E-state index is 0.103. The Morgan fingerprint density at radius 2 is 1.77 bits per heavy atom. The van der Waals surface area contributed by atoms with Gasteiger partial charge in [-0.05, 0) is 61.5 Å². The van der Waals surface area contributed by atoms with Crippen LogP contribution in [0.4, 0.5) is 11.4 Å². The molecule has 0 spiro atoms. The first-order chi connectivity index (χ1) is 19.4. The molecule has 5 aromatic rings. The van der Waals surface area contributed by atoms with Crippen molar-refractivity contribution in [2.24, 2.45) is 0 Å². The van der Waals surface area contributed by atoms with Gasteiger partial charge >= 0.3 is 0 Å². The fourth-order valence-corrected chi connectivity index (χ4v) is 4.92. The molecule has 1 aliphatic heterocycles. The summed E-state index contributed by atoms with van der Waals surface area (Å²) in [6.45, 7) is 6.54. The lowest BCUT2D eigenvalue weighted by Crippen LogP contribution is -2.48. The van der Waals surface area contributed by atoms with Crippen LogP contribution in [0.1, 0.15) is 18.3 Å². The lowest BCUT2D eigenvalue weighted by Gasteiger charge is -2.35. The monoisotopic (exact) mass is 535 g/mol. The molecule has 0 bridgehead atoms. The van der Waals surface area contributed by atoms with Gasteiger partial charge in [0.25, 0.3) is 0 Å². The maximum absolute atomic E-state index is 13.0. The van der Waals surface area contributed by atoms with Crippen LogP contribution in [0.3, 0.4) is 0 Å². The first kappa shape index (κ1) is 25.2. The van der Waals surface area contributed by atoms with Gasteiger partial charge < -0.3 is 15.1 Å². The molecular formula is C29H29N9O2. The third kappa shape index (κ3) is 5.26. The van der Waals surface area contributed by atoms with Crippen molar-refractivity contribution >= 4 is 28.8 Å². The molecule has 1 fully saturated rings. The first-order valence-corrected chi connectivity index (χ1v) is 13.2. The first-order valence-electron chi connectivity index (χ1n) is 13.2. The van der Waals surface area contributed by atoms with E-state index in [-0.39, 0.29) is 18.2 Å². The number of rotatable bonds is 6. The second-order valence-electron chi connectivity index (χ2n) is 9.82. The fourth-order valence-electron chi connectivity index (χ4n) is 4.92. The maximum Gasteiger partial charge on any atom is 0.230 e. The molecule has 5 heterocycles. The van der Waals surface area contributed by atoms with Crippen LogP contribution < -0.4 is 10.2 Å². The number of carbonyl (C=O) groups is 2. The SMILES string of the molecule is CC(=O)N1CCN(c2ccc(NC(=O)Cc3cc(-c4ccc5ncnn5c4)n(-c4cccc(C)n4)n3)cc2)CC1. The molecule has 0 atom stereocenters. The minimum Gasteiger partial charge on any atom is -0.368 e. The van der Waals surface area contributed by atoms with Gasteiger partial charge in [-0.2, -0.15) is 10.2 Å². The summed E-state index contributed by atoms with van der Waals surface area (Å²) in [4.78, 5) is 37.6. The van der Waals surface area contributed by atoms with E-state index in [0.29, 0.717) is 30.3 Å². The molecular weight excluding hydrogens is 506 g/mol. The number of aryl methyl sites for hydroxylation is 1. The van der Waals surface area contributed by atoms with Crippen molar-refractivity contribution in [2.45, 2.75) is 20.3 Å². The zero-order valence-electron chi connectivity index (χ0n) is 22.4.